The fraction of sp³-hybridized carbons (Fsp3) is 0.565. The van der Waals surface area contributed by atoms with Gasteiger partial charge in [-0.2, -0.15) is 8.42 Å². The van der Waals surface area contributed by atoms with Gasteiger partial charge in [-0.3, -0.25) is 4.55 Å². The second kappa shape index (κ2) is 14.6. The van der Waals surface area contributed by atoms with Gasteiger partial charge in [-0.05, 0) is 48.2 Å². The van der Waals surface area contributed by atoms with Crippen LogP contribution in [0.2, 0.25) is 0 Å². The Bertz CT molecular complexity index is 740. The second-order valence-corrected chi connectivity index (χ2v) is 7.45. The lowest BCUT2D eigenvalue weighted by atomic mass is 10.0. The summed E-state index contributed by atoms with van der Waals surface area (Å²) in [4.78, 5) is -0.0527. The summed E-state index contributed by atoms with van der Waals surface area (Å²) in [6.07, 6.45) is 4.06. The van der Waals surface area contributed by atoms with Crippen molar-refractivity contribution in [2.75, 3.05) is 0 Å². The van der Waals surface area contributed by atoms with E-state index in [2.05, 4.69) is 20.8 Å². The second-order valence-electron chi connectivity index (χ2n) is 6.03. The molecule has 0 saturated carbocycles. The van der Waals surface area contributed by atoms with E-state index in [-0.39, 0.29) is 4.90 Å². The lowest BCUT2D eigenvalue weighted by Gasteiger charge is -2.06. The number of aryl methyl sites for hydroxylation is 2. The average molecular weight is 397 g/mol. The van der Waals surface area contributed by atoms with Crippen molar-refractivity contribution in [1.82, 2.24) is 0 Å². The molecule has 2 rings (SSSR count). The van der Waals surface area contributed by atoms with Crippen LogP contribution >= 0.6 is 0 Å². The van der Waals surface area contributed by atoms with E-state index in [1.165, 1.54) is 31.4 Å². The smallest absolute Gasteiger partial charge is 0.282 e. The minimum Gasteiger partial charge on any atom is -0.282 e. The van der Waals surface area contributed by atoms with Gasteiger partial charge < -0.3 is 0 Å². The summed E-state index contributed by atoms with van der Waals surface area (Å²) in [6, 6.07) is 8.80. The third-order valence-corrected chi connectivity index (χ3v) is 5.15. The molecule has 4 heteroatoms. The topological polar surface area (TPSA) is 54.4 Å². The molecule has 0 amide bonds. The van der Waals surface area contributed by atoms with Gasteiger partial charge in [0.2, 0.25) is 0 Å². The highest BCUT2D eigenvalue weighted by molar-refractivity contribution is 7.85. The predicted molar refractivity (Wildman–Crippen MR) is 120 cm³/mol. The fourth-order valence-electron chi connectivity index (χ4n) is 2.66. The maximum Gasteiger partial charge on any atom is 0.294 e. The van der Waals surface area contributed by atoms with Gasteiger partial charge in [0.25, 0.3) is 10.1 Å². The molecule has 0 aliphatic rings. The van der Waals surface area contributed by atoms with E-state index in [4.69, 9.17) is 4.55 Å². The Morgan fingerprint density at radius 2 is 1.33 bits per heavy atom. The zero-order chi connectivity index (χ0) is 21.6. The Balaban J connectivity index is 0. The largest absolute Gasteiger partial charge is 0.294 e. The molecular formula is C23H40O3S. The van der Waals surface area contributed by atoms with Crippen LogP contribution in [0.15, 0.2) is 35.2 Å². The van der Waals surface area contributed by atoms with Crippen LogP contribution in [0, 0.1) is 19.8 Å². The first-order chi connectivity index (χ1) is 12.7. The summed E-state index contributed by atoms with van der Waals surface area (Å²) in [5.41, 5.74) is 1.89. The summed E-state index contributed by atoms with van der Waals surface area (Å²) >= 11 is 0. The predicted octanol–water partition coefficient (Wildman–Crippen LogP) is 7.59. The SMILES string of the molecule is CC.CC.CCC(CC)CC.Cc1ccc2c(C)cc(S(=O)(=O)O)cc2c1. The molecule has 0 heterocycles. The quantitative estimate of drug-likeness (QED) is 0.542. The number of hydrogen-bond donors (Lipinski definition) is 1. The number of fused-ring (bicyclic) bond motifs is 1. The van der Waals surface area contributed by atoms with Gasteiger partial charge in [-0.1, -0.05) is 91.5 Å². The first kappa shape index (κ1) is 27.8. The van der Waals surface area contributed by atoms with Crippen molar-refractivity contribution in [3.05, 3.63) is 41.5 Å². The van der Waals surface area contributed by atoms with E-state index in [0.717, 1.165) is 27.8 Å². The molecule has 1 N–H and O–H groups in total. The van der Waals surface area contributed by atoms with Gasteiger partial charge in [0, 0.05) is 0 Å². The number of benzene rings is 2. The zero-order valence-electron chi connectivity index (χ0n) is 18.8. The van der Waals surface area contributed by atoms with Crippen LogP contribution < -0.4 is 0 Å². The lowest BCUT2D eigenvalue weighted by Crippen LogP contribution is -1.98. The summed E-state index contributed by atoms with van der Waals surface area (Å²) < 4.78 is 31.2. The molecule has 27 heavy (non-hydrogen) atoms. The highest BCUT2D eigenvalue weighted by Gasteiger charge is 2.11. The Hall–Kier alpha value is -1.39. The van der Waals surface area contributed by atoms with E-state index in [0.29, 0.717) is 0 Å². The fourth-order valence-corrected chi connectivity index (χ4v) is 3.26. The van der Waals surface area contributed by atoms with Gasteiger partial charge in [0.1, 0.15) is 0 Å². The zero-order valence-corrected chi connectivity index (χ0v) is 19.6. The molecule has 3 nitrogen and oxygen atoms in total. The normalized spacial score (nSPS) is 10.2. The number of rotatable bonds is 4. The first-order valence-electron chi connectivity index (χ1n) is 10.2. The molecule has 2 aromatic rings. The van der Waals surface area contributed by atoms with Gasteiger partial charge in [-0.25, -0.2) is 0 Å². The molecule has 0 bridgehead atoms. The van der Waals surface area contributed by atoms with E-state index in [9.17, 15) is 8.42 Å². The van der Waals surface area contributed by atoms with Crippen molar-refractivity contribution in [2.45, 2.75) is 86.5 Å². The van der Waals surface area contributed by atoms with Crippen LogP contribution in [0.5, 0.6) is 0 Å². The monoisotopic (exact) mass is 396 g/mol. The van der Waals surface area contributed by atoms with Crippen LogP contribution in [-0.2, 0) is 10.1 Å². The molecule has 0 aliphatic carbocycles. The average Bonchev–Trinajstić information content (AvgIpc) is 2.66. The van der Waals surface area contributed by atoms with Crippen molar-refractivity contribution in [2.24, 2.45) is 5.92 Å². The summed E-state index contributed by atoms with van der Waals surface area (Å²) in [7, 11) is -4.13. The molecule has 156 valence electrons. The van der Waals surface area contributed by atoms with Gasteiger partial charge >= 0.3 is 0 Å². The van der Waals surface area contributed by atoms with E-state index in [1.54, 1.807) is 0 Å². The van der Waals surface area contributed by atoms with Crippen molar-refractivity contribution in [3.8, 4) is 0 Å². The maximum absolute atomic E-state index is 11.1. The van der Waals surface area contributed by atoms with Crippen LogP contribution in [0.4, 0.5) is 0 Å². The Kier molecular flexibility index (Phi) is 15.1. The summed E-state index contributed by atoms with van der Waals surface area (Å²) in [5.74, 6) is 0.986. The molecule has 0 saturated heterocycles. The van der Waals surface area contributed by atoms with Crippen molar-refractivity contribution < 1.29 is 13.0 Å². The van der Waals surface area contributed by atoms with Crippen LogP contribution in [-0.4, -0.2) is 13.0 Å². The Morgan fingerprint density at radius 3 is 1.70 bits per heavy atom. The van der Waals surface area contributed by atoms with Gasteiger partial charge in [-0.15, -0.1) is 0 Å². The standard InChI is InChI=1S/C12H12O3S.C7H16.2C2H6/c1-8-3-4-12-9(2)6-11(16(13,14)15)7-10(12)5-8;1-4-7(5-2)6-3;2*1-2/h3-7H,1-2H3,(H,13,14,15);7H,4-6H2,1-3H3;2*1-2H3. The third-order valence-electron chi connectivity index (χ3n) is 4.32. The minimum absolute atomic E-state index is 0.0527. The first-order valence-corrected chi connectivity index (χ1v) is 11.6. The molecular weight excluding hydrogens is 356 g/mol. The molecule has 0 spiro atoms. The molecule has 0 radical (unpaired) electrons. The van der Waals surface area contributed by atoms with Crippen LogP contribution in [0.3, 0.4) is 0 Å². The maximum atomic E-state index is 11.1. The highest BCUT2D eigenvalue weighted by atomic mass is 32.2. The van der Waals surface area contributed by atoms with Crippen molar-refractivity contribution >= 4 is 20.9 Å². The van der Waals surface area contributed by atoms with Crippen LogP contribution in [0.25, 0.3) is 10.8 Å². The van der Waals surface area contributed by atoms with E-state index < -0.39 is 10.1 Å². The lowest BCUT2D eigenvalue weighted by molar-refractivity contribution is 0.477. The van der Waals surface area contributed by atoms with Crippen molar-refractivity contribution in [1.29, 1.82) is 0 Å². The van der Waals surface area contributed by atoms with E-state index >= 15 is 0 Å². The molecule has 0 unspecified atom stereocenters. The molecule has 0 aromatic heterocycles. The number of hydrogen-bond acceptors (Lipinski definition) is 2. The van der Waals surface area contributed by atoms with Crippen LogP contribution in [0.1, 0.15) is 78.9 Å². The van der Waals surface area contributed by atoms with Crippen molar-refractivity contribution in [3.63, 3.8) is 0 Å². The Labute approximate surface area is 168 Å². The van der Waals surface area contributed by atoms with Gasteiger partial charge in [0.05, 0.1) is 4.90 Å². The third kappa shape index (κ3) is 9.92. The molecule has 2 aromatic carbocycles. The van der Waals surface area contributed by atoms with Gasteiger partial charge in [0.15, 0.2) is 0 Å². The molecule has 0 fully saturated rings. The minimum atomic E-state index is -4.13. The Morgan fingerprint density at radius 1 is 0.852 bits per heavy atom. The summed E-state index contributed by atoms with van der Waals surface area (Å²) in [5, 5.41) is 1.82. The molecule has 0 aliphatic heterocycles. The van der Waals surface area contributed by atoms with E-state index in [1.807, 2.05) is 59.7 Å². The highest BCUT2D eigenvalue weighted by Crippen LogP contribution is 2.24. The molecule has 0 atom stereocenters. The summed E-state index contributed by atoms with van der Waals surface area (Å²) in [6.45, 7) is 18.5.